The maximum Gasteiger partial charge on any atom is 0.0897 e. The first-order valence-electron chi connectivity index (χ1n) is 7.32. The number of nitrogens with one attached hydrogen (secondary N) is 1. The van der Waals surface area contributed by atoms with Crippen molar-refractivity contribution >= 4 is 0 Å². The van der Waals surface area contributed by atoms with Crippen molar-refractivity contribution in [2.45, 2.75) is 32.0 Å². The highest BCUT2D eigenvalue weighted by molar-refractivity contribution is 5.13. The zero-order valence-corrected chi connectivity index (χ0v) is 12.4. The average Bonchev–Trinajstić information content (AvgIpc) is 2.47. The topological polar surface area (TPSA) is 50.7 Å². The third kappa shape index (κ3) is 9.04. The third-order valence-corrected chi connectivity index (χ3v) is 3.00. The quantitative estimate of drug-likeness (QED) is 0.575. The molecule has 114 valence electrons. The van der Waals surface area contributed by atoms with Gasteiger partial charge in [0.15, 0.2) is 0 Å². The third-order valence-electron chi connectivity index (χ3n) is 3.00. The highest BCUT2D eigenvalue weighted by Gasteiger charge is 2.03. The fraction of sp³-hybridized carbons (Fsp3) is 0.625. The molecular weight excluding hydrogens is 254 g/mol. The second kappa shape index (κ2) is 11.9. The maximum absolute atomic E-state index is 9.76. The lowest BCUT2D eigenvalue weighted by atomic mass is 10.2. The van der Waals surface area contributed by atoms with Gasteiger partial charge in [-0.25, -0.2) is 0 Å². The number of hydrogen-bond acceptors (Lipinski definition) is 4. The molecule has 0 bridgehead atoms. The van der Waals surface area contributed by atoms with E-state index in [1.165, 1.54) is 0 Å². The molecule has 0 aliphatic heterocycles. The van der Waals surface area contributed by atoms with E-state index in [-0.39, 0.29) is 0 Å². The molecule has 1 unspecified atom stereocenters. The molecule has 4 nitrogen and oxygen atoms in total. The van der Waals surface area contributed by atoms with E-state index in [9.17, 15) is 5.11 Å². The van der Waals surface area contributed by atoms with Gasteiger partial charge < -0.3 is 19.9 Å². The van der Waals surface area contributed by atoms with E-state index in [4.69, 9.17) is 9.47 Å². The molecule has 0 amide bonds. The number of benzene rings is 1. The summed E-state index contributed by atoms with van der Waals surface area (Å²) in [6.45, 7) is 3.26. The number of ether oxygens (including phenoxy) is 2. The first-order chi connectivity index (χ1) is 9.83. The minimum atomic E-state index is -0.447. The predicted octanol–water partition coefficient (Wildman–Crippen LogP) is 1.97. The monoisotopic (exact) mass is 281 g/mol. The summed E-state index contributed by atoms with van der Waals surface area (Å²) in [7, 11) is 1.73. The summed E-state index contributed by atoms with van der Waals surface area (Å²) in [5.41, 5.74) is 1.13. The number of hydrogen-bond donors (Lipinski definition) is 2. The Balaban J connectivity index is 1.91. The summed E-state index contributed by atoms with van der Waals surface area (Å²) in [4.78, 5) is 0. The fourth-order valence-electron chi connectivity index (χ4n) is 1.89. The van der Waals surface area contributed by atoms with Crippen molar-refractivity contribution in [2.75, 3.05) is 33.4 Å². The standard InChI is InChI=1S/C16H27NO3/c1-19-11-7-3-6-10-17-12-16(18)14-20-13-15-8-4-2-5-9-15/h2,4-5,8-9,16-18H,3,6-7,10-14H2,1H3. The van der Waals surface area contributed by atoms with Crippen molar-refractivity contribution in [3.8, 4) is 0 Å². The second-order valence-corrected chi connectivity index (χ2v) is 4.91. The van der Waals surface area contributed by atoms with Gasteiger partial charge in [-0.15, -0.1) is 0 Å². The van der Waals surface area contributed by atoms with Crippen molar-refractivity contribution < 1.29 is 14.6 Å². The van der Waals surface area contributed by atoms with Gasteiger partial charge in [-0.2, -0.15) is 0 Å². The van der Waals surface area contributed by atoms with Crippen LogP contribution in [0.15, 0.2) is 30.3 Å². The first-order valence-corrected chi connectivity index (χ1v) is 7.32. The number of aliphatic hydroxyl groups excluding tert-OH is 1. The Kier molecular flexibility index (Phi) is 10.1. The maximum atomic E-state index is 9.76. The smallest absolute Gasteiger partial charge is 0.0897 e. The van der Waals surface area contributed by atoms with Crippen molar-refractivity contribution in [2.24, 2.45) is 0 Å². The molecule has 0 aliphatic rings. The zero-order valence-electron chi connectivity index (χ0n) is 12.4. The molecule has 0 fully saturated rings. The normalized spacial score (nSPS) is 12.5. The van der Waals surface area contributed by atoms with E-state index in [2.05, 4.69) is 5.32 Å². The number of methoxy groups -OCH3 is 1. The van der Waals surface area contributed by atoms with Crippen LogP contribution < -0.4 is 5.32 Å². The summed E-state index contributed by atoms with van der Waals surface area (Å²) in [6, 6.07) is 9.99. The van der Waals surface area contributed by atoms with Crippen LogP contribution in [-0.4, -0.2) is 44.6 Å². The lowest BCUT2D eigenvalue weighted by Crippen LogP contribution is -2.31. The number of rotatable bonds is 12. The molecule has 0 heterocycles. The van der Waals surface area contributed by atoms with Gasteiger partial charge in [0.05, 0.1) is 19.3 Å². The minimum absolute atomic E-state index is 0.367. The predicted molar refractivity (Wildman–Crippen MR) is 80.7 cm³/mol. The average molecular weight is 281 g/mol. The summed E-state index contributed by atoms with van der Waals surface area (Å²) >= 11 is 0. The van der Waals surface area contributed by atoms with Gasteiger partial charge in [-0.3, -0.25) is 0 Å². The highest BCUT2D eigenvalue weighted by Crippen LogP contribution is 2.00. The Hall–Kier alpha value is -0.940. The van der Waals surface area contributed by atoms with Crippen molar-refractivity contribution in [1.29, 1.82) is 0 Å². The highest BCUT2D eigenvalue weighted by atomic mass is 16.5. The Labute approximate surface area is 122 Å². The molecule has 1 aromatic carbocycles. The van der Waals surface area contributed by atoms with Crippen LogP contribution in [0.5, 0.6) is 0 Å². The molecule has 0 saturated carbocycles. The van der Waals surface area contributed by atoms with Gasteiger partial charge in [-0.05, 0) is 31.4 Å². The summed E-state index contributed by atoms with van der Waals surface area (Å²) < 4.78 is 10.5. The Morgan fingerprint density at radius 2 is 1.95 bits per heavy atom. The molecule has 4 heteroatoms. The number of unbranched alkanes of at least 4 members (excludes halogenated alkanes) is 2. The molecule has 0 aromatic heterocycles. The van der Waals surface area contributed by atoms with Gasteiger partial charge in [0.1, 0.15) is 0 Å². The van der Waals surface area contributed by atoms with Crippen LogP contribution in [-0.2, 0) is 16.1 Å². The van der Waals surface area contributed by atoms with Gasteiger partial charge >= 0.3 is 0 Å². The van der Waals surface area contributed by atoms with Crippen molar-refractivity contribution in [3.63, 3.8) is 0 Å². The van der Waals surface area contributed by atoms with E-state index in [1.807, 2.05) is 30.3 Å². The fourth-order valence-corrected chi connectivity index (χ4v) is 1.89. The molecular formula is C16H27NO3. The molecule has 0 aliphatic carbocycles. The van der Waals surface area contributed by atoms with Crippen molar-refractivity contribution in [1.82, 2.24) is 5.32 Å². The molecule has 1 aromatic rings. The summed E-state index contributed by atoms with van der Waals surface area (Å²) in [5, 5.41) is 13.0. The van der Waals surface area contributed by atoms with Gasteiger partial charge in [0.25, 0.3) is 0 Å². The van der Waals surface area contributed by atoms with Crippen LogP contribution in [0.1, 0.15) is 24.8 Å². The van der Waals surface area contributed by atoms with E-state index in [1.54, 1.807) is 7.11 Å². The molecule has 0 saturated heterocycles. The lowest BCUT2D eigenvalue weighted by molar-refractivity contribution is 0.0289. The van der Waals surface area contributed by atoms with Crippen LogP contribution in [0, 0.1) is 0 Å². The van der Waals surface area contributed by atoms with Crippen LogP contribution in [0.2, 0.25) is 0 Å². The molecule has 0 radical (unpaired) electrons. The molecule has 2 N–H and O–H groups in total. The van der Waals surface area contributed by atoms with Crippen LogP contribution >= 0.6 is 0 Å². The van der Waals surface area contributed by atoms with Crippen LogP contribution in [0.25, 0.3) is 0 Å². The minimum Gasteiger partial charge on any atom is -0.389 e. The molecule has 1 rings (SSSR count). The van der Waals surface area contributed by atoms with Gasteiger partial charge in [0.2, 0.25) is 0 Å². The first kappa shape index (κ1) is 17.1. The van der Waals surface area contributed by atoms with Crippen molar-refractivity contribution in [3.05, 3.63) is 35.9 Å². The summed E-state index contributed by atoms with van der Waals surface area (Å²) in [6.07, 6.45) is 2.92. The SMILES string of the molecule is COCCCCCNCC(O)COCc1ccccc1. The molecule has 20 heavy (non-hydrogen) atoms. The largest absolute Gasteiger partial charge is 0.389 e. The van der Waals surface area contributed by atoms with Gasteiger partial charge in [-0.1, -0.05) is 30.3 Å². The van der Waals surface area contributed by atoms with Crippen LogP contribution in [0.4, 0.5) is 0 Å². The lowest BCUT2D eigenvalue weighted by Gasteiger charge is -2.12. The van der Waals surface area contributed by atoms with E-state index in [0.717, 1.165) is 38.0 Å². The van der Waals surface area contributed by atoms with E-state index >= 15 is 0 Å². The molecule has 1 atom stereocenters. The van der Waals surface area contributed by atoms with E-state index in [0.29, 0.717) is 19.8 Å². The van der Waals surface area contributed by atoms with Crippen LogP contribution in [0.3, 0.4) is 0 Å². The Bertz CT molecular complexity index is 319. The Morgan fingerprint density at radius 1 is 1.15 bits per heavy atom. The summed E-state index contributed by atoms with van der Waals surface area (Å²) in [5.74, 6) is 0. The zero-order chi connectivity index (χ0) is 14.5. The number of aliphatic hydroxyl groups is 1. The second-order valence-electron chi connectivity index (χ2n) is 4.91. The molecule has 0 spiro atoms. The Morgan fingerprint density at radius 3 is 2.70 bits per heavy atom. The van der Waals surface area contributed by atoms with E-state index < -0.39 is 6.10 Å². The van der Waals surface area contributed by atoms with Gasteiger partial charge in [0, 0.05) is 20.3 Å².